The lowest BCUT2D eigenvalue weighted by Gasteiger charge is -2.36. The monoisotopic (exact) mass is 279 g/mol. The molecule has 1 fully saturated rings. The van der Waals surface area contributed by atoms with Crippen LogP contribution in [0.1, 0.15) is 13.3 Å². The molecule has 0 radical (unpaired) electrons. The van der Waals surface area contributed by atoms with Crippen LogP contribution in [0.4, 0.5) is 17.1 Å². The smallest absolute Gasteiger partial charge is 0.273 e. The highest BCUT2D eigenvalue weighted by molar-refractivity contribution is 5.64. The molecule has 1 aliphatic rings. The topological polar surface area (TPSA) is 87.7 Å². The van der Waals surface area contributed by atoms with Gasteiger partial charge in [-0.1, -0.05) is 6.92 Å². The zero-order valence-corrected chi connectivity index (χ0v) is 11.7. The van der Waals surface area contributed by atoms with E-state index in [0.717, 1.165) is 44.8 Å². The number of benzene rings is 1. The zero-order valence-electron chi connectivity index (χ0n) is 11.7. The van der Waals surface area contributed by atoms with Gasteiger partial charge in [0.1, 0.15) is 0 Å². The van der Waals surface area contributed by atoms with Crippen LogP contribution in [0.15, 0.2) is 18.2 Å². The van der Waals surface area contributed by atoms with Crippen molar-refractivity contribution in [2.45, 2.75) is 13.3 Å². The number of nitro groups is 1. The van der Waals surface area contributed by atoms with Gasteiger partial charge in [-0.2, -0.15) is 0 Å². The molecule has 0 spiro atoms. The van der Waals surface area contributed by atoms with Gasteiger partial charge in [0, 0.05) is 44.0 Å². The summed E-state index contributed by atoms with van der Waals surface area (Å²) in [6, 6.07) is 4.90. The second-order valence-electron chi connectivity index (χ2n) is 4.97. The molecule has 1 aromatic carbocycles. The Morgan fingerprint density at radius 1 is 1.30 bits per heavy atom. The average Bonchev–Trinajstić information content (AvgIpc) is 2.47. The van der Waals surface area contributed by atoms with Gasteiger partial charge in [-0.05, 0) is 19.0 Å². The minimum atomic E-state index is -0.391. The molecule has 7 heteroatoms. The number of hydrogen-bond acceptors (Lipinski definition) is 6. The van der Waals surface area contributed by atoms with Crippen LogP contribution < -0.4 is 16.2 Å². The number of non-ortho nitro benzene ring substituents is 1. The molecule has 2 rings (SSSR count). The Balaban J connectivity index is 2.12. The van der Waals surface area contributed by atoms with Gasteiger partial charge in [-0.3, -0.25) is 20.9 Å². The fourth-order valence-corrected chi connectivity index (χ4v) is 2.51. The minimum Gasteiger partial charge on any atom is -0.369 e. The first kappa shape index (κ1) is 14.5. The van der Waals surface area contributed by atoms with Gasteiger partial charge in [-0.15, -0.1) is 0 Å². The van der Waals surface area contributed by atoms with Crippen molar-refractivity contribution in [2.24, 2.45) is 5.84 Å². The van der Waals surface area contributed by atoms with E-state index in [1.54, 1.807) is 6.07 Å². The van der Waals surface area contributed by atoms with Gasteiger partial charge in [0.25, 0.3) is 5.69 Å². The van der Waals surface area contributed by atoms with Crippen LogP contribution in [-0.4, -0.2) is 42.5 Å². The lowest BCUT2D eigenvalue weighted by atomic mass is 10.2. The quantitative estimate of drug-likeness (QED) is 0.481. The number of nitrogens with zero attached hydrogens (tertiary/aromatic N) is 3. The third-order valence-corrected chi connectivity index (χ3v) is 3.56. The summed E-state index contributed by atoms with van der Waals surface area (Å²) in [7, 11) is 0. The molecule has 0 aromatic heterocycles. The number of hydrazine groups is 1. The second-order valence-corrected chi connectivity index (χ2v) is 4.97. The Hall–Kier alpha value is -1.86. The Morgan fingerprint density at radius 3 is 2.55 bits per heavy atom. The lowest BCUT2D eigenvalue weighted by molar-refractivity contribution is -0.384. The Morgan fingerprint density at radius 2 is 2.00 bits per heavy atom. The van der Waals surface area contributed by atoms with Gasteiger partial charge in [0.2, 0.25) is 0 Å². The zero-order chi connectivity index (χ0) is 14.5. The molecular formula is C13H21N5O2. The summed E-state index contributed by atoms with van der Waals surface area (Å²) in [6.45, 7) is 7.02. The molecule has 20 heavy (non-hydrogen) atoms. The molecule has 0 saturated carbocycles. The van der Waals surface area contributed by atoms with E-state index >= 15 is 0 Å². The lowest BCUT2D eigenvalue weighted by Crippen LogP contribution is -2.46. The summed E-state index contributed by atoms with van der Waals surface area (Å²) >= 11 is 0. The summed E-state index contributed by atoms with van der Waals surface area (Å²) in [6.07, 6.45) is 1.15. The van der Waals surface area contributed by atoms with Crippen LogP contribution in [0.5, 0.6) is 0 Å². The Labute approximate surface area is 118 Å². The summed E-state index contributed by atoms with van der Waals surface area (Å²) in [4.78, 5) is 15.1. The van der Waals surface area contributed by atoms with Crippen LogP contribution in [0.25, 0.3) is 0 Å². The van der Waals surface area contributed by atoms with Crippen LogP contribution in [0.3, 0.4) is 0 Å². The normalized spacial score (nSPS) is 16.2. The predicted octanol–water partition coefficient (Wildman–Crippen LogP) is 1.41. The van der Waals surface area contributed by atoms with Crippen molar-refractivity contribution in [1.82, 2.24) is 4.90 Å². The number of hydrogen-bond donors (Lipinski definition) is 2. The van der Waals surface area contributed by atoms with E-state index in [1.807, 2.05) is 6.07 Å². The Kier molecular flexibility index (Phi) is 4.75. The Bertz CT molecular complexity index is 472. The number of nitrogens with two attached hydrogens (primary N) is 1. The van der Waals surface area contributed by atoms with Crippen LogP contribution in [0.2, 0.25) is 0 Å². The van der Waals surface area contributed by atoms with E-state index in [-0.39, 0.29) is 5.69 Å². The van der Waals surface area contributed by atoms with E-state index < -0.39 is 4.92 Å². The van der Waals surface area contributed by atoms with Crippen molar-refractivity contribution in [3.8, 4) is 0 Å². The molecule has 7 nitrogen and oxygen atoms in total. The highest BCUT2D eigenvalue weighted by atomic mass is 16.6. The molecule has 1 aliphatic heterocycles. The number of rotatable bonds is 5. The molecule has 0 atom stereocenters. The van der Waals surface area contributed by atoms with Gasteiger partial charge in [0.15, 0.2) is 0 Å². The molecule has 110 valence electrons. The van der Waals surface area contributed by atoms with Crippen molar-refractivity contribution < 1.29 is 4.92 Å². The molecule has 0 amide bonds. The van der Waals surface area contributed by atoms with Gasteiger partial charge in [-0.25, -0.2) is 0 Å². The first-order valence-corrected chi connectivity index (χ1v) is 6.87. The molecule has 0 aliphatic carbocycles. The van der Waals surface area contributed by atoms with Crippen LogP contribution in [0, 0.1) is 10.1 Å². The highest BCUT2D eigenvalue weighted by Gasteiger charge is 2.19. The molecule has 3 N–H and O–H groups in total. The molecule has 1 aromatic rings. The van der Waals surface area contributed by atoms with Gasteiger partial charge < -0.3 is 10.3 Å². The molecular weight excluding hydrogens is 258 g/mol. The largest absolute Gasteiger partial charge is 0.369 e. The first-order chi connectivity index (χ1) is 9.63. The van der Waals surface area contributed by atoms with E-state index in [1.165, 1.54) is 6.07 Å². The summed E-state index contributed by atoms with van der Waals surface area (Å²) in [5.74, 6) is 5.38. The number of anilines is 2. The maximum Gasteiger partial charge on any atom is 0.273 e. The van der Waals surface area contributed by atoms with E-state index in [9.17, 15) is 10.1 Å². The first-order valence-electron chi connectivity index (χ1n) is 6.87. The van der Waals surface area contributed by atoms with Crippen molar-refractivity contribution in [2.75, 3.05) is 43.0 Å². The molecule has 1 saturated heterocycles. The van der Waals surface area contributed by atoms with Crippen molar-refractivity contribution in [3.05, 3.63) is 28.3 Å². The highest BCUT2D eigenvalue weighted by Crippen LogP contribution is 2.27. The molecule has 0 bridgehead atoms. The van der Waals surface area contributed by atoms with Crippen molar-refractivity contribution in [1.29, 1.82) is 0 Å². The summed E-state index contributed by atoms with van der Waals surface area (Å²) in [5.41, 5.74) is 3.96. The predicted molar refractivity (Wildman–Crippen MR) is 79.9 cm³/mol. The van der Waals surface area contributed by atoms with Crippen molar-refractivity contribution >= 4 is 17.1 Å². The number of nitro benzene ring substituents is 1. The van der Waals surface area contributed by atoms with Crippen molar-refractivity contribution in [3.63, 3.8) is 0 Å². The summed E-state index contributed by atoms with van der Waals surface area (Å²) < 4.78 is 0. The fourth-order valence-electron chi connectivity index (χ4n) is 2.51. The third-order valence-electron chi connectivity index (χ3n) is 3.56. The maximum absolute atomic E-state index is 11.0. The number of piperazine rings is 1. The van der Waals surface area contributed by atoms with Gasteiger partial charge >= 0.3 is 0 Å². The SMILES string of the molecule is CCCN1CCN(c2cc(NN)cc([N+](=O)[O-])c2)CC1. The average molecular weight is 279 g/mol. The van der Waals surface area contributed by atoms with Crippen LogP contribution >= 0.6 is 0 Å². The fraction of sp³-hybridized carbons (Fsp3) is 0.538. The molecule has 1 heterocycles. The second kappa shape index (κ2) is 6.53. The standard InChI is InChI=1S/C13H21N5O2/c1-2-3-16-4-6-17(7-5-16)12-8-11(15-14)9-13(10-12)18(19)20/h8-10,15H,2-7,14H2,1H3. The number of nitrogen functional groups attached to an aromatic ring is 1. The molecule has 0 unspecified atom stereocenters. The van der Waals surface area contributed by atoms with E-state index in [4.69, 9.17) is 5.84 Å². The van der Waals surface area contributed by atoms with E-state index in [2.05, 4.69) is 22.1 Å². The maximum atomic E-state index is 11.0. The number of nitrogens with one attached hydrogen (secondary N) is 1. The van der Waals surface area contributed by atoms with E-state index in [0.29, 0.717) is 5.69 Å². The van der Waals surface area contributed by atoms with Crippen LogP contribution in [-0.2, 0) is 0 Å². The van der Waals surface area contributed by atoms with Gasteiger partial charge in [0.05, 0.1) is 10.6 Å². The summed E-state index contributed by atoms with van der Waals surface area (Å²) in [5, 5.41) is 11.0. The minimum absolute atomic E-state index is 0.0615. The third kappa shape index (κ3) is 3.37.